The van der Waals surface area contributed by atoms with E-state index >= 15 is 4.79 Å². The van der Waals surface area contributed by atoms with Crippen LogP contribution in [0.25, 0.3) is 10.8 Å². The Morgan fingerprint density at radius 3 is 2.31 bits per heavy atom. The summed E-state index contributed by atoms with van der Waals surface area (Å²) in [7, 11) is 1.53. The maximum Gasteiger partial charge on any atom is 0.239 e. The summed E-state index contributed by atoms with van der Waals surface area (Å²) in [6, 6.07) is 25.1. The molecule has 2 aliphatic carbocycles. The Hall–Kier alpha value is -5.49. The Kier molecular flexibility index (Phi) is 20.1. The van der Waals surface area contributed by atoms with Crippen LogP contribution in [-0.4, -0.2) is 78.4 Å². The maximum atomic E-state index is 15.5. The molecule has 11 nitrogen and oxygen atoms in total. The summed E-state index contributed by atoms with van der Waals surface area (Å²) in [6.07, 6.45) is 20.5. The predicted octanol–water partition coefficient (Wildman–Crippen LogP) is 13.1. The second-order valence-electron chi connectivity index (χ2n) is 19.6. The number of oxime groups is 1. The highest BCUT2D eigenvalue weighted by molar-refractivity contribution is 6.03. The van der Waals surface area contributed by atoms with E-state index in [0.717, 1.165) is 84.4 Å². The van der Waals surface area contributed by atoms with Crippen molar-refractivity contribution in [2.24, 2.45) is 22.9 Å². The van der Waals surface area contributed by atoms with Crippen molar-refractivity contribution >= 4 is 28.7 Å². The maximum absolute atomic E-state index is 15.5. The van der Waals surface area contributed by atoms with Gasteiger partial charge in [-0.2, -0.15) is 0 Å². The summed E-state index contributed by atoms with van der Waals surface area (Å²) in [6.45, 7) is 9.36. The summed E-state index contributed by atoms with van der Waals surface area (Å²) in [4.78, 5) is 35.6. The Labute approximate surface area is 422 Å². The zero-order valence-corrected chi connectivity index (χ0v) is 42.5. The van der Waals surface area contributed by atoms with Gasteiger partial charge in [-0.3, -0.25) is 9.59 Å². The SMILES string of the molecule is C=CCOC12Oc3ccc(Oc4ccc(OC)c(C=O)c4)cc3C3C(CCCCO)C(CCCCO)C=C(C(=NOCC)CC1N(Cc1cccc4ccccc14)C(=O)CCCCCCCCCCC)C32. The minimum atomic E-state index is -1.40. The topological polar surface area (TPSA) is 136 Å². The number of aliphatic hydroxyl groups excluding tert-OH is 2. The van der Waals surface area contributed by atoms with Gasteiger partial charge in [-0.1, -0.05) is 131 Å². The first-order valence-corrected chi connectivity index (χ1v) is 26.6. The molecule has 7 rings (SSSR count). The van der Waals surface area contributed by atoms with Gasteiger partial charge in [0.2, 0.25) is 11.7 Å². The molecule has 382 valence electrons. The number of nitrogens with zero attached hydrogens (tertiary/aromatic N) is 2. The van der Waals surface area contributed by atoms with Crippen molar-refractivity contribution < 1.29 is 43.6 Å². The van der Waals surface area contributed by atoms with Crippen LogP contribution < -0.4 is 14.2 Å². The Morgan fingerprint density at radius 1 is 0.859 bits per heavy atom. The number of methoxy groups -OCH3 is 1. The van der Waals surface area contributed by atoms with Crippen molar-refractivity contribution in [3.63, 3.8) is 0 Å². The first-order valence-electron chi connectivity index (χ1n) is 26.6. The van der Waals surface area contributed by atoms with Gasteiger partial charge in [0, 0.05) is 44.1 Å². The second kappa shape index (κ2) is 26.8. The van der Waals surface area contributed by atoms with Crippen molar-refractivity contribution in [3.05, 3.63) is 120 Å². The van der Waals surface area contributed by atoms with Crippen molar-refractivity contribution in [2.75, 3.05) is 33.5 Å². The molecule has 11 heteroatoms. The number of carbonyl (C=O) groups excluding carboxylic acids is 2. The standard InChI is InChI=1S/C60H78N2O9/c1-5-8-9-10-11-12-13-14-15-29-57(66)62(41-45-26-22-25-43-23-16-17-27-49(43)45)56-40-53(61-69-7-3)51-38-44(24-18-20-34-63)50(28-19-21-35-64)58-52-39-48(70-47-30-32-54(67-4)46(37-47)42-65)31-33-55(52)71-60(56,59(51)58)68-36-6-2/h6,16-17,22-23,25-27,30-33,37-39,42,44,50,56,58-59,63-64H,2,5,7-15,18-21,24,28-29,34-36,40-41H2,1,3-4H3. The fourth-order valence-corrected chi connectivity index (χ4v) is 11.6. The zero-order valence-electron chi connectivity index (χ0n) is 42.5. The number of benzene rings is 4. The number of hydrogen-bond donors (Lipinski definition) is 2. The molecule has 4 aromatic carbocycles. The van der Waals surface area contributed by atoms with E-state index in [0.29, 0.717) is 67.4 Å². The van der Waals surface area contributed by atoms with E-state index in [9.17, 15) is 15.0 Å². The van der Waals surface area contributed by atoms with Crippen LogP contribution in [0.1, 0.15) is 150 Å². The predicted molar refractivity (Wildman–Crippen MR) is 281 cm³/mol. The molecule has 71 heavy (non-hydrogen) atoms. The smallest absolute Gasteiger partial charge is 0.239 e. The molecule has 6 unspecified atom stereocenters. The number of ether oxygens (including phenoxy) is 4. The van der Waals surface area contributed by atoms with Gasteiger partial charge in [0.1, 0.15) is 35.6 Å². The summed E-state index contributed by atoms with van der Waals surface area (Å²) in [5.74, 6) is 0.210. The number of allylic oxidation sites excluding steroid dienone is 1. The van der Waals surface area contributed by atoms with Gasteiger partial charge < -0.3 is 38.9 Å². The Morgan fingerprint density at radius 2 is 1.58 bits per heavy atom. The summed E-state index contributed by atoms with van der Waals surface area (Å²) < 4.78 is 26.8. The highest BCUT2D eigenvalue weighted by Gasteiger charge is 2.65. The van der Waals surface area contributed by atoms with Crippen LogP contribution in [0.3, 0.4) is 0 Å². The van der Waals surface area contributed by atoms with E-state index in [1.54, 1.807) is 24.3 Å². The molecule has 0 aromatic heterocycles. The zero-order chi connectivity index (χ0) is 50.0. The molecule has 0 saturated heterocycles. The third-order valence-corrected chi connectivity index (χ3v) is 14.9. The fraction of sp³-hybridized carbons (Fsp3) is 0.517. The van der Waals surface area contributed by atoms with Gasteiger partial charge in [0.15, 0.2) is 6.29 Å². The lowest BCUT2D eigenvalue weighted by Gasteiger charge is -2.60. The normalized spacial score (nSPS) is 21.7. The van der Waals surface area contributed by atoms with E-state index in [2.05, 4.69) is 62.0 Å². The minimum absolute atomic E-state index is 0.0386. The first kappa shape index (κ1) is 53.3. The average molecular weight is 971 g/mol. The monoisotopic (exact) mass is 971 g/mol. The van der Waals surface area contributed by atoms with E-state index in [-0.39, 0.29) is 43.5 Å². The van der Waals surface area contributed by atoms with Crippen LogP contribution >= 0.6 is 0 Å². The van der Waals surface area contributed by atoms with E-state index in [1.807, 2.05) is 30.0 Å². The van der Waals surface area contributed by atoms with Crippen LogP contribution in [-0.2, 0) is 20.9 Å². The van der Waals surface area contributed by atoms with E-state index < -0.39 is 17.7 Å². The van der Waals surface area contributed by atoms with Crippen LogP contribution in [0.15, 0.2) is 108 Å². The summed E-state index contributed by atoms with van der Waals surface area (Å²) in [5, 5.41) is 27.2. The molecule has 6 atom stereocenters. The largest absolute Gasteiger partial charge is 0.496 e. The van der Waals surface area contributed by atoms with E-state index in [4.69, 9.17) is 28.9 Å². The molecular weight excluding hydrogens is 893 g/mol. The summed E-state index contributed by atoms with van der Waals surface area (Å²) >= 11 is 0. The highest BCUT2D eigenvalue weighted by atomic mass is 16.7. The fourth-order valence-electron chi connectivity index (χ4n) is 11.6. The number of unbranched alkanes of at least 4 members (excludes halogenated alkanes) is 10. The Bertz CT molecular complexity index is 2430. The van der Waals surface area contributed by atoms with Crippen molar-refractivity contribution in [1.29, 1.82) is 0 Å². The number of fused-ring (bicyclic) bond motifs is 3. The molecule has 2 N–H and O–H groups in total. The van der Waals surface area contributed by atoms with Gasteiger partial charge >= 0.3 is 0 Å². The molecular formula is C60H78N2O9. The number of aldehydes is 1. The van der Waals surface area contributed by atoms with Gasteiger partial charge in [-0.25, -0.2) is 0 Å². The van der Waals surface area contributed by atoms with Crippen LogP contribution in [0.2, 0.25) is 0 Å². The molecule has 1 saturated carbocycles. The average Bonchev–Trinajstić information content (AvgIpc) is 3.39. The molecule has 1 heterocycles. The lowest BCUT2D eigenvalue weighted by Crippen LogP contribution is -2.70. The van der Waals surface area contributed by atoms with Crippen molar-refractivity contribution in [2.45, 2.75) is 147 Å². The number of amides is 1. The molecule has 1 aliphatic heterocycles. The minimum Gasteiger partial charge on any atom is -0.496 e. The van der Waals surface area contributed by atoms with Gasteiger partial charge in [0.05, 0.1) is 30.9 Å². The number of aliphatic hydroxyl groups is 2. The van der Waals surface area contributed by atoms with Gasteiger partial charge in [0.25, 0.3) is 0 Å². The first-order chi connectivity index (χ1) is 34.8. The van der Waals surface area contributed by atoms with Crippen LogP contribution in [0.5, 0.6) is 23.0 Å². The molecule has 0 bridgehead atoms. The van der Waals surface area contributed by atoms with E-state index in [1.165, 1.54) is 45.6 Å². The molecule has 0 radical (unpaired) electrons. The third kappa shape index (κ3) is 12.8. The Balaban J connectivity index is 1.39. The summed E-state index contributed by atoms with van der Waals surface area (Å²) in [5.41, 5.74) is 4.10. The molecule has 1 amide bonds. The van der Waals surface area contributed by atoms with Crippen molar-refractivity contribution in [3.8, 4) is 23.0 Å². The number of carbonyl (C=O) groups is 2. The number of rotatable bonds is 30. The molecule has 1 fully saturated rings. The van der Waals surface area contributed by atoms with Gasteiger partial charge in [-0.05, 0) is 109 Å². The van der Waals surface area contributed by atoms with Crippen molar-refractivity contribution in [1.82, 2.24) is 4.90 Å². The number of hydrogen-bond acceptors (Lipinski definition) is 10. The lowest BCUT2D eigenvalue weighted by atomic mass is 9.55. The quantitative estimate of drug-likeness (QED) is 0.0226. The van der Waals surface area contributed by atoms with Crippen LogP contribution in [0, 0.1) is 17.8 Å². The van der Waals surface area contributed by atoms with Gasteiger partial charge in [-0.15, -0.1) is 6.58 Å². The molecule has 3 aliphatic rings. The highest BCUT2D eigenvalue weighted by Crippen LogP contribution is 2.62. The molecule has 4 aromatic rings. The molecule has 0 spiro atoms. The lowest BCUT2D eigenvalue weighted by molar-refractivity contribution is -0.258. The van der Waals surface area contributed by atoms with Crippen LogP contribution in [0.4, 0.5) is 0 Å². The third-order valence-electron chi connectivity index (χ3n) is 14.9. The second-order valence-corrected chi connectivity index (χ2v) is 19.6.